The molecule has 0 atom stereocenters. The van der Waals surface area contributed by atoms with Gasteiger partial charge < -0.3 is 10.3 Å². The van der Waals surface area contributed by atoms with Gasteiger partial charge in [-0.2, -0.15) is 18.0 Å². The normalized spacial score (nSPS) is 10.7. The maximum Gasteiger partial charge on any atom is 0.422 e. The maximum atomic E-state index is 13.0. The summed E-state index contributed by atoms with van der Waals surface area (Å²) >= 11 is 0. The summed E-state index contributed by atoms with van der Waals surface area (Å²) < 4.78 is 43.8. The number of esters is 1. The number of benzene rings is 2. The molecule has 0 aliphatic rings. The highest BCUT2D eigenvalue weighted by molar-refractivity contribution is 6.41. The minimum atomic E-state index is -4.69. The van der Waals surface area contributed by atoms with Crippen LogP contribution in [-0.2, 0) is 22.3 Å². The largest absolute Gasteiger partial charge is 0.452 e. The smallest absolute Gasteiger partial charge is 0.422 e. The summed E-state index contributed by atoms with van der Waals surface area (Å²) in [4.78, 5) is 14.6. The summed E-state index contributed by atoms with van der Waals surface area (Å²) in [5, 5.41) is 0. The van der Waals surface area contributed by atoms with Crippen molar-refractivity contribution in [2.24, 2.45) is 0 Å². The molecule has 0 heterocycles. The van der Waals surface area contributed by atoms with E-state index in [9.17, 15) is 18.0 Å². The summed E-state index contributed by atoms with van der Waals surface area (Å²) in [6.45, 7) is -0.146. The molecule has 2 aromatic carbocycles. The van der Waals surface area contributed by atoms with Crippen molar-refractivity contribution in [2.75, 3.05) is 0 Å². The lowest BCUT2D eigenvalue weighted by molar-refractivity contribution is -0.142. The Labute approximate surface area is 129 Å². The van der Waals surface area contributed by atoms with Crippen LogP contribution in [0.5, 0.6) is 0 Å². The minimum Gasteiger partial charge on any atom is -0.452 e. The van der Waals surface area contributed by atoms with Gasteiger partial charge in [-0.3, -0.25) is 0 Å². The number of hydrogen-bond donors (Lipinski definition) is 0. The number of hydrogen-bond acceptors (Lipinski definition) is 2. The Balaban J connectivity index is 2.24. The molecule has 0 aliphatic carbocycles. The summed E-state index contributed by atoms with van der Waals surface area (Å²) in [6.07, 6.45) is -4.69. The second-order valence-corrected chi connectivity index (χ2v) is 4.55. The molecule has 2 aromatic rings. The fraction of sp³-hybridized carbons (Fsp3) is 0.125. The lowest BCUT2D eigenvalue weighted by Gasteiger charge is -2.09. The van der Waals surface area contributed by atoms with Crippen LogP contribution in [0.2, 0.25) is 0 Å². The summed E-state index contributed by atoms with van der Waals surface area (Å²) in [5.74, 6) is -1.15. The average molecular weight is 320 g/mol. The van der Waals surface area contributed by atoms with Gasteiger partial charge in [0.1, 0.15) is 6.61 Å². The van der Waals surface area contributed by atoms with E-state index in [1.165, 1.54) is 12.1 Å². The molecule has 0 radical (unpaired) electrons. The fourth-order valence-corrected chi connectivity index (χ4v) is 1.93. The monoisotopic (exact) mass is 320 g/mol. The highest BCUT2D eigenvalue weighted by Crippen LogP contribution is 2.32. The molecule has 0 aliphatic heterocycles. The van der Waals surface area contributed by atoms with Crippen molar-refractivity contribution in [3.8, 4) is 0 Å². The highest BCUT2D eigenvalue weighted by Gasteiger charge is 2.39. The van der Waals surface area contributed by atoms with Crippen LogP contribution in [0.1, 0.15) is 16.7 Å². The number of carbonyl (C=O) groups excluding carboxylic acids is 1. The lowest BCUT2D eigenvalue weighted by Crippen LogP contribution is -2.23. The van der Waals surface area contributed by atoms with Crippen molar-refractivity contribution >= 4 is 11.7 Å². The van der Waals surface area contributed by atoms with Gasteiger partial charge in [-0.1, -0.05) is 42.5 Å². The first-order valence-electron chi connectivity index (χ1n) is 6.53. The molecule has 2 rings (SSSR count). The molecule has 0 saturated carbocycles. The Hall–Kier alpha value is -2.92. The van der Waals surface area contributed by atoms with Gasteiger partial charge in [0.2, 0.25) is 0 Å². The lowest BCUT2D eigenvalue weighted by atomic mass is 10.0. The molecule has 0 amide bonds. The maximum absolute atomic E-state index is 13.0. The van der Waals surface area contributed by atoms with E-state index in [1.807, 2.05) is 0 Å². The minimum absolute atomic E-state index is 0.146. The molecule has 0 bridgehead atoms. The third kappa shape index (κ3) is 4.05. The standard InChI is InChI=1S/C16H11F3N2O2/c17-16(18,19)13-9-5-4-8-12(13)14(21-20)15(22)23-10-11-6-2-1-3-7-11/h1-9H,10H2. The molecule has 4 nitrogen and oxygen atoms in total. The Kier molecular flexibility index (Phi) is 4.93. The second kappa shape index (κ2) is 6.89. The van der Waals surface area contributed by atoms with E-state index in [4.69, 9.17) is 10.3 Å². The molecule has 0 fully saturated rings. The Morgan fingerprint density at radius 2 is 1.65 bits per heavy atom. The van der Waals surface area contributed by atoms with Crippen molar-refractivity contribution < 1.29 is 27.5 Å². The first-order valence-corrected chi connectivity index (χ1v) is 6.53. The number of alkyl halides is 3. The van der Waals surface area contributed by atoms with E-state index in [1.54, 1.807) is 30.3 Å². The number of nitrogens with zero attached hydrogens (tertiary/aromatic N) is 2. The van der Waals surface area contributed by atoms with E-state index < -0.39 is 29.0 Å². The molecule has 7 heteroatoms. The van der Waals surface area contributed by atoms with Gasteiger partial charge in [-0.05, 0) is 17.7 Å². The van der Waals surface area contributed by atoms with Crippen molar-refractivity contribution in [1.82, 2.24) is 0 Å². The molecule has 0 unspecified atom stereocenters. The van der Waals surface area contributed by atoms with Gasteiger partial charge in [0.15, 0.2) is 0 Å². The summed E-state index contributed by atoms with van der Waals surface area (Å²) in [6, 6.07) is 12.9. The van der Waals surface area contributed by atoms with E-state index in [-0.39, 0.29) is 6.61 Å². The van der Waals surface area contributed by atoms with Crippen LogP contribution < -0.4 is 0 Å². The Morgan fingerprint density at radius 1 is 1.04 bits per heavy atom. The van der Waals surface area contributed by atoms with Crippen molar-refractivity contribution in [3.05, 3.63) is 76.8 Å². The zero-order valence-corrected chi connectivity index (χ0v) is 11.7. The number of ether oxygens (including phenoxy) is 1. The summed E-state index contributed by atoms with van der Waals surface area (Å²) in [7, 11) is 0. The first-order chi connectivity index (χ1) is 10.9. The van der Waals surface area contributed by atoms with Gasteiger partial charge in [-0.25, -0.2) is 4.79 Å². The van der Waals surface area contributed by atoms with Crippen LogP contribution in [-0.4, -0.2) is 16.5 Å². The van der Waals surface area contributed by atoms with Gasteiger partial charge in [-0.15, -0.1) is 0 Å². The van der Waals surface area contributed by atoms with Gasteiger partial charge >= 0.3 is 17.9 Å². The fourth-order valence-electron chi connectivity index (χ4n) is 1.93. The van der Waals surface area contributed by atoms with Gasteiger partial charge in [0.05, 0.1) is 11.1 Å². The summed E-state index contributed by atoms with van der Waals surface area (Å²) in [5.41, 5.74) is 7.19. The number of rotatable bonds is 4. The van der Waals surface area contributed by atoms with Crippen LogP contribution >= 0.6 is 0 Å². The molecular weight excluding hydrogens is 309 g/mol. The molecule has 23 heavy (non-hydrogen) atoms. The zero-order valence-electron chi connectivity index (χ0n) is 11.7. The van der Waals surface area contributed by atoms with E-state index in [0.717, 1.165) is 12.1 Å². The average Bonchev–Trinajstić information content (AvgIpc) is 2.54. The predicted octanol–water partition coefficient (Wildman–Crippen LogP) is 3.47. The first kappa shape index (κ1) is 16.5. The molecule has 0 N–H and O–H groups in total. The van der Waals surface area contributed by atoms with Crippen LogP contribution in [0, 0.1) is 0 Å². The molecule has 0 aromatic heterocycles. The Morgan fingerprint density at radius 3 is 2.26 bits per heavy atom. The van der Waals surface area contributed by atoms with E-state index in [2.05, 4.69) is 4.79 Å². The molecule has 118 valence electrons. The molecule has 0 saturated heterocycles. The third-order valence-electron chi connectivity index (χ3n) is 2.99. The quantitative estimate of drug-likeness (QED) is 0.375. The van der Waals surface area contributed by atoms with Crippen LogP contribution in [0.4, 0.5) is 13.2 Å². The number of halogens is 3. The van der Waals surface area contributed by atoms with Gasteiger partial charge in [0.25, 0.3) is 0 Å². The number of carbonyl (C=O) groups is 1. The molecule has 0 spiro atoms. The third-order valence-corrected chi connectivity index (χ3v) is 2.99. The topological polar surface area (TPSA) is 62.7 Å². The van der Waals surface area contributed by atoms with Gasteiger partial charge in [0, 0.05) is 0 Å². The highest BCUT2D eigenvalue weighted by atomic mass is 19.4. The van der Waals surface area contributed by atoms with E-state index in [0.29, 0.717) is 5.56 Å². The van der Waals surface area contributed by atoms with Crippen molar-refractivity contribution in [1.29, 1.82) is 0 Å². The second-order valence-electron chi connectivity index (χ2n) is 4.55. The van der Waals surface area contributed by atoms with Crippen LogP contribution in [0.3, 0.4) is 0 Å². The van der Waals surface area contributed by atoms with Crippen LogP contribution in [0.25, 0.3) is 5.53 Å². The van der Waals surface area contributed by atoms with Crippen molar-refractivity contribution in [3.63, 3.8) is 0 Å². The van der Waals surface area contributed by atoms with Crippen molar-refractivity contribution in [2.45, 2.75) is 12.8 Å². The predicted molar refractivity (Wildman–Crippen MR) is 75.4 cm³/mol. The van der Waals surface area contributed by atoms with E-state index >= 15 is 0 Å². The van der Waals surface area contributed by atoms with Crippen LogP contribution in [0.15, 0.2) is 54.6 Å². The molecular formula is C16H11F3N2O2. The SMILES string of the molecule is [N-]=[N+]=C(C(=O)OCc1ccccc1)c1ccccc1C(F)(F)F. The Bertz CT molecular complexity index is 751. The zero-order chi connectivity index (χ0) is 16.9.